The minimum atomic E-state index is -0.947. The van der Waals surface area contributed by atoms with Gasteiger partial charge in [-0.25, -0.2) is 4.79 Å². The van der Waals surface area contributed by atoms with Crippen LogP contribution in [0.1, 0.15) is 19.8 Å². The molecule has 7 nitrogen and oxygen atoms in total. The lowest BCUT2D eigenvalue weighted by atomic mass is 9.92. The van der Waals surface area contributed by atoms with Crippen molar-refractivity contribution in [3.8, 4) is 0 Å². The van der Waals surface area contributed by atoms with Crippen molar-refractivity contribution in [3.05, 3.63) is 0 Å². The van der Waals surface area contributed by atoms with Crippen LogP contribution in [-0.4, -0.2) is 78.9 Å². The molecule has 0 bridgehead atoms. The van der Waals surface area contributed by atoms with E-state index >= 15 is 0 Å². The van der Waals surface area contributed by atoms with Gasteiger partial charge in [-0.15, -0.1) is 0 Å². The smallest absolute Gasteiger partial charge is 0.407 e. The number of nitrogens with one attached hydrogen (secondary N) is 1. The van der Waals surface area contributed by atoms with Crippen molar-refractivity contribution in [1.29, 1.82) is 0 Å². The van der Waals surface area contributed by atoms with E-state index in [0.29, 0.717) is 45.8 Å². The first kappa shape index (κ1) is 16.0. The van der Waals surface area contributed by atoms with Gasteiger partial charge in [-0.2, -0.15) is 0 Å². The van der Waals surface area contributed by atoms with E-state index in [-0.39, 0.29) is 17.9 Å². The van der Waals surface area contributed by atoms with Crippen molar-refractivity contribution >= 4 is 12.0 Å². The minimum absolute atomic E-state index is 0.0600. The van der Waals surface area contributed by atoms with Gasteiger partial charge in [0.05, 0.1) is 19.1 Å². The predicted octanol–water partition coefficient (Wildman–Crippen LogP) is 0.213. The molecule has 0 unspecified atom stereocenters. The monoisotopic (exact) mass is 299 g/mol. The highest BCUT2D eigenvalue weighted by Crippen LogP contribution is 2.20. The van der Waals surface area contributed by atoms with E-state index in [1.54, 1.807) is 4.90 Å². The summed E-state index contributed by atoms with van der Waals surface area (Å²) in [6.07, 6.45) is 0.754. The molecule has 0 aliphatic carbocycles. The standard InChI is InChI=1S/C14H25N3O4/c1-2-3-15-12-8-11(9-17(10-12)14(19)20)13(18)16-4-6-21-7-5-16/h11-12,15H,2-10H2,1H3,(H,19,20)/t11-,12+/m1/s1. The first-order valence-corrected chi connectivity index (χ1v) is 7.69. The molecular weight excluding hydrogens is 274 g/mol. The Morgan fingerprint density at radius 2 is 1.95 bits per heavy atom. The Kier molecular flexibility index (Phi) is 5.81. The molecule has 2 amide bonds. The van der Waals surface area contributed by atoms with Crippen LogP contribution in [-0.2, 0) is 9.53 Å². The molecule has 0 radical (unpaired) electrons. The molecule has 0 saturated carbocycles. The molecule has 0 aromatic carbocycles. The number of carbonyl (C=O) groups is 2. The van der Waals surface area contributed by atoms with Crippen LogP contribution in [0.3, 0.4) is 0 Å². The molecule has 2 saturated heterocycles. The fourth-order valence-corrected chi connectivity index (χ4v) is 2.97. The summed E-state index contributed by atoms with van der Waals surface area (Å²) in [7, 11) is 0. The summed E-state index contributed by atoms with van der Waals surface area (Å²) in [5.41, 5.74) is 0. The van der Waals surface area contributed by atoms with Crippen LogP contribution in [0.5, 0.6) is 0 Å². The number of ether oxygens (including phenoxy) is 1. The van der Waals surface area contributed by atoms with Crippen LogP contribution < -0.4 is 5.32 Å². The van der Waals surface area contributed by atoms with Gasteiger partial charge in [-0.05, 0) is 19.4 Å². The number of morpholine rings is 1. The van der Waals surface area contributed by atoms with Gasteiger partial charge in [0.1, 0.15) is 0 Å². The second kappa shape index (κ2) is 7.61. The van der Waals surface area contributed by atoms with Crippen molar-refractivity contribution in [2.75, 3.05) is 45.9 Å². The maximum Gasteiger partial charge on any atom is 0.407 e. The normalized spacial score (nSPS) is 26.7. The zero-order valence-electron chi connectivity index (χ0n) is 12.6. The summed E-state index contributed by atoms with van der Waals surface area (Å²) >= 11 is 0. The summed E-state index contributed by atoms with van der Waals surface area (Å²) < 4.78 is 5.26. The molecule has 120 valence electrons. The molecule has 7 heteroatoms. The number of likely N-dealkylation sites (tertiary alicyclic amines) is 1. The SMILES string of the molecule is CCCN[C@H]1C[C@@H](C(=O)N2CCOCC2)CN(C(=O)O)C1. The van der Waals surface area contributed by atoms with E-state index in [4.69, 9.17) is 4.74 Å². The number of hydrogen-bond donors (Lipinski definition) is 2. The molecule has 2 heterocycles. The topological polar surface area (TPSA) is 82.1 Å². The van der Waals surface area contributed by atoms with E-state index in [1.165, 1.54) is 4.90 Å². The van der Waals surface area contributed by atoms with Crippen LogP contribution in [0, 0.1) is 5.92 Å². The second-order valence-electron chi connectivity index (χ2n) is 5.71. The highest BCUT2D eigenvalue weighted by Gasteiger charge is 2.35. The van der Waals surface area contributed by atoms with Crippen LogP contribution in [0.25, 0.3) is 0 Å². The highest BCUT2D eigenvalue weighted by atomic mass is 16.5. The van der Waals surface area contributed by atoms with Gasteiger partial charge in [-0.3, -0.25) is 4.79 Å². The van der Waals surface area contributed by atoms with E-state index in [0.717, 1.165) is 13.0 Å². The van der Waals surface area contributed by atoms with Crippen molar-refractivity contribution in [2.24, 2.45) is 5.92 Å². The lowest BCUT2D eigenvalue weighted by molar-refractivity contribution is -0.141. The van der Waals surface area contributed by atoms with Crippen molar-refractivity contribution < 1.29 is 19.4 Å². The van der Waals surface area contributed by atoms with E-state index in [2.05, 4.69) is 12.2 Å². The van der Waals surface area contributed by atoms with Crippen molar-refractivity contribution in [3.63, 3.8) is 0 Å². The predicted molar refractivity (Wildman–Crippen MR) is 77.2 cm³/mol. The molecule has 2 aliphatic rings. The zero-order chi connectivity index (χ0) is 15.2. The van der Waals surface area contributed by atoms with Gasteiger partial charge in [0.2, 0.25) is 5.91 Å². The summed E-state index contributed by atoms with van der Waals surface area (Å²) in [5.74, 6) is -0.185. The Morgan fingerprint density at radius 1 is 1.24 bits per heavy atom. The number of piperidine rings is 1. The molecule has 2 aliphatic heterocycles. The number of rotatable bonds is 4. The quantitative estimate of drug-likeness (QED) is 0.775. The van der Waals surface area contributed by atoms with E-state index < -0.39 is 6.09 Å². The lowest BCUT2D eigenvalue weighted by Crippen LogP contribution is -2.55. The number of hydrogen-bond acceptors (Lipinski definition) is 4. The molecule has 21 heavy (non-hydrogen) atoms. The first-order valence-electron chi connectivity index (χ1n) is 7.69. The van der Waals surface area contributed by atoms with Gasteiger partial charge >= 0.3 is 6.09 Å². The molecule has 0 aromatic rings. The average Bonchev–Trinajstić information content (AvgIpc) is 2.52. The molecule has 2 fully saturated rings. The van der Waals surface area contributed by atoms with Crippen LogP contribution in [0.2, 0.25) is 0 Å². The Labute approximate surface area is 125 Å². The Bertz CT molecular complexity index is 371. The molecular formula is C14H25N3O4. The minimum Gasteiger partial charge on any atom is -0.465 e. The first-order chi connectivity index (χ1) is 10.1. The van der Waals surface area contributed by atoms with Crippen LogP contribution in [0.15, 0.2) is 0 Å². The molecule has 0 aromatic heterocycles. The van der Waals surface area contributed by atoms with Gasteiger partial charge in [0, 0.05) is 32.2 Å². The summed E-state index contributed by atoms with van der Waals surface area (Å²) in [6.45, 7) is 6.03. The van der Waals surface area contributed by atoms with Crippen molar-refractivity contribution in [1.82, 2.24) is 15.1 Å². The van der Waals surface area contributed by atoms with Crippen molar-refractivity contribution in [2.45, 2.75) is 25.8 Å². The number of carbonyl (C=O) groups excluding carboxylic acids is 1. The van der Waals surface area contributed by atoms with E-state index in [1.807, 2.05) is 0 Å². The molecule has 2 rings (SSSR count). The maximum absolute atomic E-state index is 12.6. The number of carboxylic acid groups (broad SMARTS) is 1. The summed E-state index contributed by atoms with van der Waals surface area (Å²) in [4.78, 5) is 27.0. The molecule has 2 atom stereocenters. The third kappa shape index (κ3) is 4.31. The van der Waals surface area contributed by atoms with Gasteiger partial charge in [0.15, 0.2) is 0 Å². The summed E-state index contributed by atoms with van der Waals surface area (Å²) in [6, 6.07) is 0.0600. The Hall–Kier alpha value is -1.34. The van der Waals surface area contributed by atoms with E-state index in [9.17, 15) is 14.7 Å². The molecule has 2 N–H and O–H groups in total. The largest absolute Gasteiger partial charge is 0.465 e. The van der Waals surface area contributed by atoms with Gasteiger partial charge < -0.3 is 25.0 Å². The van der Waals surface area contributed by atoms with Gasteiger partial charge in [-0.1, -0.05) is 6.92 Å². The maximum atomic E-state index is 12.6. The third-order valence-corrected chi connectivity index (χ3v) is 4.08. The van der Waals surface area contributed by atoms with Crippen LogP contribution >= 0.6 is 0 Å². The lowest BCUT2D eigenvalue weighted by Gasteiger charge is -2.38. The summed E-state index contributed by atoms with van der Waals surface area (Å²) in [5, 5.41) is 12.6. The fourth-order valence-electron chi connectivity index (χ4n) is 2.97. The highest BCUT2D eigenvalue weighted by molar-refractivity contribution is 5.80. The van der Waals surface area contributed by atoms with Gasteiger partial charge in [0.25, 0.3) is 0 Å². The fraction of sp³-hybridized carbons (Fsp3) is 0.857. The Morgan fingerprint density at radius 3 is 2.57 bits per heavy atom. The molecule has 0 spiro atoms. The van der Waals surface area contributed by atoms with Crippen LogP contribution in [0.4, 0.5) is 4.79 Å². The second-order valence-corrected chi connectivity index (χ2v) is 5.71. The zero-order valence-corrected chi connectivity index (χ0v) is 12.6. The Balaban J connectivity index is 1.98. The number of amides is 2. The number of nitrogens with zero attached hydrogens (tertiary/aromatic N) is 2. The third-order valence-electron chi connectivity index (χ3n) is 4.08. The average molecular weight is 299 g/mol.